The van der Waals surface area contributed by atoms with E-state index >= 15 is 0 Å². The second-order valence-corrected chi connectivity index (χ2v) is 18.5. The van der Waals surface area contributed by atoms with E-state index in [9.17, 15) is 0 Å². The number of fused-ring (bicyclic) bond motifs is 9. The minimum atomic E-state index is -0.113. The molecule has 0 amide bonds. The lowest BCUT2D eigenvalue weighted by Gasteiger charge is -2.29. The first kappa shape index (κ1) is 37.3. The molecular weight excluding hydrogens is 759 g/mol. The summed E-state index contributed by atoms with van der Waals surface area (Å²) in [5, 5.41) is 5.01. The molecule has 0 heterocycles. The Labute approximate surface area is 370 Å². The average Bonchev–Trinajstić information content (AvgIpc) is 3.71. The average molecular weight is 806 g/mol. The fourth-order valence-electron chi connectivity index (χ4n) is 11.2. The van der Waals surface area contributed by atoms with Gasteiger partial charge in [0.2, 0.25) is 0 Å². The summed E-state index contributed by atoms with van der Waals surface area (Å²) in [6, 6.07) is 79.1. The van der Waals surface area contributed by atoms with Gasteiger partial charge < -0.3 is 4.90 Å². The molecule has 0 atom stereocenters. The number of hydrogen-bond acceptors (Lipinski definition) is 1. The Morgan fingerprint density at radius 2 is 0.825 bits per heavy atom. The first-order valence-electron chi connectivity index (χ1n) is 22.3. The predicted molar refractivity (Wildman–Crippen MR) is 268 cm³/mol. The second-order valence-electron chi connectivity index (χ2n) is 18.5. The normalized spacial score (nSPS) is 14.0. The largest absolute Gasteiger partial charge is 0.310 e. The summed E-state index contributed by atoms with van der Waals surface area (Å²) in [6.07, 6.45) is 0. The van der Waals surface area contributed by atoms with Gasteiger partial charge in [0.05, 0.1) is 5.69 Å². The predicted octanol–water partition coefficient (Wildman–Crippen LogP) is 17.1. The van der Waals surface area contributed by atoms with Gasteiger partial charge in [0.25, 0.3) is 0 Å². The van der Waals surface area contributed by atoms with E-state index < -0.39 is 0 Å². The summed E-state index contributed by atoms with van der Waals surface area (Å²) in [5.74, 6) is 0. The van der Waals surface area contributed by atoms with Gasteiger partial charge >= 0.3 is 0 Å². The number of anilines is 3. The number of nitrogens with zero attached hydrogens (tertiary/aromatic N) is 1. The number of hydrogen-bond donors (Lipinski definition) is 0. The Morgan fingerprint density at radius 1 is 0.302 bits per heavy atom. The van der Waals surface area contributed by atoms with Crippen LogP contribution in [-0.2, 0) is 10.8 Å². The van der Waals surface area contributed by atoms with Gasteiger partial charge in [-0.05, 0) is 130 Å². The minimum Gasteiger partial charge on any atom is -0.310 e. The molecule has 10 aromatic rings. The van der Waals surface area contributed by atoms with Crippen molar-refractivity contribution in [2.45, 2.75) is 38.5 Å². The van der Waals surface area contributed by atoms with Crippen molar-refractivity contribution in [2.75, 3.05) is 4.90 Å². The van der Waals surface area contributed by atoms with Gasteiger partial charge in [-0.25, -0.2) is 0 Å². The molecule has 0 saturated carbocycles. The molecule has 0 unspecified atom stereocenters. The van der Waals surface area contributed by atoms with Gasteiger partial charge in [0, 0.05) is 27.8 Å². The Hall–Kier alpha value is -7.48. The SMILES string of the molecule is CC1(C)c2ccccc2-c2ccc(-c3ccccc3N(c3ccc(-c4ccccc4-c4cccc5c4C(C)(C)c4ccccc4-5)cc3)c3ccc4c(ccc5ccccc54)c3)cc21. The highest BCUT2D eigenvalue weighted by Gasteiger charge is 2.38. The molecule has 0 aliphatic heterocycles. The quantitative estimate of drug-likeness (QED) is 0.151. The van der Waals surface area contributed by atoms with Crippen LogP contribution in [0.3, 0.4) is 0 Å². The zero-order chi connectivity index (χ0) is 42.5. The van der Waals surface area contributed by atoms with Crippen LogP contribution in [0.15, 0.2) is 212 Å². The summed E-state index contributed by atoms with van der Waals surface area (Å²) in [6.45, 7) is 9.48. The van der Waals surface area contributed by atoms with E-state index in [1.54, 1.807) is 0 Å². The Bertz CT molecular complexity index is 3460. The molecule has 1 heteroatoms. The van der Waals surface area contributed by atoms with Gasteiger partial charge in [0.1, 0.15) is 0 Å². The van der Waals surface area contributed by atoms with Gasteiger partial charge in [-0.15, -0.1) is 0 Å². The van der Waals surface area contributed by atoms with Crippen LogP contribution in [0.4, 0.5) is 17.1 Å². The molecule has 0 aromatic heterocycles. The molecule has 0 N–H and O–H groups in total. The fourth-order valence-corrected chi connectivity index (χ4v) is 11.2. The highest BCUT2D eigenvalue weighted by molar-refractivity contribution is 6.09. The molecule has 2 aliphatic rings. The smallest absolute Gasteiger partial charge is 0.0540 e. The monoisotopic (exact) mass is 805 g/mol. The van der Waals surface area contributed by atoms with Crippen LogP contribution < -0.4 is 4.90 Å². The molecule has 0 spiro atoms. The molecule has 63 heavy (non-hydrogen) atoms. The number of para-hydroxylation sites is 1. The van der Waals surface area contributed by atoms with Crippen molar-refractivity contribution in [3.8, 4) is 55.6 Å². The van der Waals surface area contributed by atoms with Crippen molar-refractivity contribution in [3.05, 3.63) is 235 Å². The molecule has 2 aliphatic carbocycles. The molecule has 10 aromatic carbocycles. The van der Waals surface area contributed by atoms with Crippen molar-refractivity contribution in [1.29, 1.82) is 0 Å². The Morgan fingerprint density at radius 3 is 1.60 bits per heavy atom. The van der Waals surface area contributed by atoms with Gasteiger partial charge in [-0.3, -0.25) is 0 Å². The highest BCUT2D eigenvalue weighted by Crippen LogP contribution is 2.54. The van der Waals surface area contributed by atoms with Crippen LogP contribution in [0.25, 0.3) is 77.2 Å². The molecule has 1 nitrogen and oxygen atoms in total. The maximum atomic E-state index is 2.45. The maximum absolute atomic E-state index is 2.45. The highest BCUT2D eigenvalue weighted by atomic mass is 15.1. The topological polar surface area (TPSA) is 3.24 Å². The maximum Gasteiger partial charge on any atom is 0.0540 e. The first-order valence-corrected chi connectivity index (χ1v) is 22.3. The van der Waals surface area contributed by atoms with Gasteiger partial charge in [0.15, 0.2) is 0 Å². The van der Waals surface area contributed by atoms with E-state index in [0.29, 0.717) is 0 Å². The third-order valence-electron chi connectivity index (χ3n) is 14.3. The Kier molecular flexibility index (Phi) is 8.30. The first-order chi connectivity index (χ1) is 30.8. The lowest BCUT2D eigenvalue weighted by atomic mass is 9.78. The van der Waals surface area contributed by atoms with Crippen LogP contribution in [0.1, 0.15) is 49.9 Å². The molecular formula is C62H47N. The van der Waals surface area contributed by atoms with Gasteiger partial charge in [-0.2, -0.15) is 0 Å². The van der Waals surface area contributed by atoms with E-state index in [0.717, 1.165) is 17.1 Å². The molecule has 0 fully saturated rings. The summed E-state index contributed by atoms with van der Waals surface area (Å²) in [4.78, 5) is 2.45. The molecule has 0 saturated heterocycles. The lowest BCUT2D eigenvalue weighted by molar-refractivity contribution is 0.660. The van der Waals surface area contributed by atoms with Crippen molar-refractivity contribution < 1.29 is 0 Å². The third kappa shape index (κ3) is 5.69. The molecule has 0 bridgehead atoms. The van der Waals surface area contributed by atoms with E-state index in [1.807, 2.05) is 0 Å². The van der Waals surface area contributed by atoms with E-state index in [-0.39, 0.29) is 10.8 Å². The van der Waals surface area contributed by atoms with Gasteiger partial charge in [-0.1, -0.05) is 204 Å². The molecule has 12 rings (SSSR count). The number of rotatable bonds is 6. The molecule has 300 valence electrons. The Balaban J connectivity index is 1.00. The van der Waals surface area contributed by atoms with Crippen molar-refractivity contribution in [1.82, 2.24) is 0 Å². The summed E-state index contributed by atoms with van der Waals surface area (Å²) >= 11 is 0. The van der Waals surface area contributed by atoms with Crippen LogP contribution >= 0.6 is 0 Å². The summed E-state index contributed by atoms with van der Waals surface area (Å²) < 4.78 is 0. The van der Waals surface area contributed by atoms with Crippen molar-refractivity contribution >= 4 is 38.6 Å². The van der Waals surface area contributed by atoms with Crippen molar-refractivity contribution in [2.24, 2.45) is 0 Å². The standard InChI is InChI=1S/C62H47N/c1-61(2)56-25-12-9-21-51(56)53-36-32-43(39-58(53)61)49-19-11-14-27-59(49)63(45-35-37-48-42(38-45)29-28-40-16-5-6-17-46(40)48)44-33-30-41(31-34-44)47-18-7-8-20-50(47)54-23-15-24-55-52-22-10-13-26-57(52)62(3,4)60(54)55/h5-39H,1-4H3. The fraction of sp³-hybridized carbons (Fsp3) is 0.0968. The van der Waals surface area contributed by atoms with E-state index in [1.165, 1.54) is 99.4 Å². The van der Waals surface area contributed by atoms with Crippen LogP contribution in [0, 0.1) is 0 Å². The van der Waals surface area contributed by atoms with Crippen LogP contribution in [0.5, 0.6) is 0 Å². The third-order valence-corrected chi connectivity index (χ3v) is 14.3. The zero-order valence-electron chi connectivity index (χ0n) is 36.2. The van der Waals surface area contributed by atoms with Crippen LogP contribution in [-0.4, -0.2) is 0 Å². The minimum absolute atomic E-state index is 0.0939. The molecule has 0 radical (unpaired) electrons. The van der Waals surface area contributed by atoms with E-state index in [2.05, 4.69) is 245 Å². The summed E-state index contributed by atoms with van der Waals surface area (Å²) in [5.41, 5.74) is 21.5. The summed E-state index contributed by atoms with van der Waals surface area (Å²) in [7, 11) is 0. The number of benzene rings is 10. The lowest BCUT2D eigenvalue weighted by Crippen LogP contribution is -2.16. The van der Waals surface area contributed by atoms with Crippen molar-refractivity contribution in [3.63, 3.8) is 0 Å². The van der Waals surface area contributed by atoms with Crippen LogP contribution in [0.2, 0.25) is 0 Å². The zero-order valence-corrected chi connectivity index (χ0v) is 36.2. The second kappa shape index (κ2) is 14.0. The van der Waals surface area contributed by atoms with E-state index in [4.69, 9.17) is 0 Å².